The molecule has 0 saturated heterocycles. The van der Waals surface area contributed by atoms with Crippen LogP contribution in [-0.4, -0.2) is 12.8 Å². The molecule has 0 aliphatic carbocycles. The summed E-state index contributed by atoms with van der Waals surface area (Å²) in [5, 5.41) is 0. The van der Waals surface area contributed by atoms with Gasteiger partial charge in [0, 0.05) is 0 Å². The van der Waals surface area contributed by atoms with Crippen LogP contribution in [0.4, 0.5) is 4.39 Å². The largest absolute Gasteiger partial charge is 0.488 e. The van der Waals surface area contributed by atoms with Crippen molar-refractivity contribution in [3.63, 3.8) is 0 Å². The van der Waals surface area contributed by atoms with E-state index in [1.807, 2.05) is 30.3 Å². The third-order valence-corrected chi connectivity index (χ3v) is 1.30. The first-order valence-corrected chi connectivity index (χ1v) is 3.60. The third kappa shape index (κ3) is 2.58. The number of hydrogen-bond donors (Lipinski definition) is 0. The molecule has 1 atom stereocenters. The van der Waals surface area contributed by atoms with E-state index in [0.717, 1.165) is 5.75 Å². The van der Waals surface area contributed by atoms with Crippen molar-refractivity contribution in [2.45, 2.75) is 13.0 Å². The predicted octanol–water partition coefficient (Wildman–Crippen LogP) is 2.42. The second-order valence-corrected chi connectivity index (χ2v) is 2.40. The zero-order chi connectivity index (χ0) is 8.10. The van der Waals surface area contributed by atoms with Gasteiger partial charge in [-0.25, -0.2) is 4.39 Å². The minimum atomic E-state index is -0.450. The van der Waals surface area contributed by atoms with Crippen LogP contribution in [0.3, 0.4) is 0 Å². The van der Waals surface area contributed by atoms with Crippen LogP contribution in [0.15, 0.2) is 30.3 Å². The first-order chi connectivity index (χ1) is 5.33. The lowest BCUT2D eigenvalue weighted by atomic mass is 10.3. The summed E-state index contributed by atoms with van der Waals surface area (Å²) in [4.78, 5) is 0. The van der Waals surface area contributed by atoms with Gasteiger partial charge in [-0.2, -0.15) is 0 Å². The molecule has 0 saturated carbocycles. The summed E-state index contributed by atoms with van der Waals surface area (Å²) in [6.07, 6.45) is -0.350. The van der Waals surface area contributed by atoms with Gasteiger partial charge in [-0.05, 0) is 19.1 Å². The molecule has 0 aromatic heterocycles. The Balaban J connectivity index is 2.51. The highest BCUT2D eigenvalue weighted by atomic mass is 19.1. The van der Waals surface area contributed by atoms with Gasteiger partial charge >= 0.3 is 0 Å². The number of ether oxygens (including phenoxy) is 1. The molecule has 0 bridgehead atoms. The van der Waals surface area contributed by atoms with E-state index in [4.69, 9.17) is 4.74 Å². The van der Waals surface area contributed by atoms with Crippen LogP contribution < -0.4 is 4.74 Å². The topological polar surface area (TPSA) is 9.23 Å². The van der Waals surface area contributed by atoms with Crippen LogP contribution in [-0.2, 0) is 0 Å². The number of rotatable bonds is 3. The molecule has 1 aromatic carbocycles. The normalized spacial score (nSPS) is 12.5. The minimum Gasteiger partial charge on any atom is -0.488 e. The molecule has 0 spiro atoms. The number of benzene rings is 1. The lowest BCUT2D eigenvalue weighted by molar-refractivity contribution is 0.182. The van der Waals surface area contributed by atoms with Crippen molar-refractivity contribution in [1.29, 1.82) is 0 Å². The van der Waals surface area contributed by atoms with Gasteiger partial charge in [0.05, 0.1) is 0 Å². The van der Waals surface area contributed by atoms with E-state index in [2.05, 4.69) is 0 Å². The fourth-order valence-corrected chi connectivity index (χ4v) is 0.763. The van der Waals surface area contributed by atoms with Gasteiger partial charge in [-0.3, -0.25) is 0 Å². The van der Waals surface area contributed by atoms with Gasteiger partial charge < -0.3 is 4.74 Å². The van der Waals surface area contributed by atoms with Gasteiger partial charge in [0.1, 0.15) is 18.5 Å². The van der Waals surface area contributed by atoms with Crippen LogP contribution >= 0.6 is 0 Å². The molecule has 0 radical (unpaired) electrons. The van der Waals surface area contributed by atoms with Gasteiger partial charge in [0.15, 0.2) is 0 Å². The Morgan fingerprint density at radius 2 is 2.00 bits per heavy atom. The molecule has 0 amide bonds. The SMILES string of the molecule is CC(CF)Oc1ccccc1. The Labute approximate surface area is 65.8 Å². The first kappa shape index (κ1) is 8.05. The summed E-state index contributed by atoms with van der Waals surface area (Å²) >= 11 is 0. The van der Waals surface area contributed by atoms with E-state index in [-0.39, 0.29) is 6.10 Å². The number of hydrogen-bond acceptors (Lipinski definition) is 1. The molecule has 1 rings (SSSR count). The summed E-state index contributed by atoms with van der Waals surface area (Å²) in [5.41, 5.74) is 0. The van der Waals surface area contributed by atoms with E-state index in [1.54, 1.807) is 6.92 Å². The van der Waals surface area contributed by atoms with Crippen molar-refractivity contribution in [2.75, 3.05) is 6.67 Å². The average Bonchev–Trinajstić information content (AvgIpc) is 2.06. The first-order valence-electron chi connectivity index (χ1n) is 3.60. The van der Waals surface area contributed by atoms with Crippen molar-refractivity contribution < 1.29 is 9.13 Å². The highest BCUT2D eigenvalue weighted by Gasteiger charge is 2.00. The van der Waals surface area contributed by atoms with Gasteiger partial charge in [0.25, 0.3) is 0 Å². The van der Waals surface area contributed by atoms with Crippen molar-refractivity contribution in [2.24, 2.45) is 0 Å². The molecule has 1 aromatic rings. The van der Waals surface area contributed by atoms with Crippen molar-refractivity contribution >= 4 is 0 Å². The fraction of sp³-hybridized carbons (Fsp3) is 0.333. The van der Waals surface area contributed by atoms with Crippen LogP contribution in [0.2, 0.25) is 0 Å². The Bertz CT molecular complexity index is 198. The van der Waals surface area contributed by atoms with Crippen LogP contribution in [0.25, 0.3) is 0 Å². The van der Waals surface area contributed by atoms with Crippen LogP contribution in [0, 0.1) is 0 Å². The van der Waals surface area contributed by atoms with Crippen molar-refractivity contribution in [3.8, 4) is 5.75 Å². The van der Waals surface area contributed by atoms with Crippen molar-refractivity contribution in [1.82, 2.24) is 0 Å². The molecule has 1 unspecified atom stereocenters. The van der Waals surface area contributed by atoms with Gasteiger partial charge in [-0.1, -0.05) is 18.2 Å². The molecule has 0 fully saturated rings. The maximum absolute atomic E-state index is 11.9. The van der Waals surface area contributed by atoms with E-state index in [1.165, 1.54) is 0 Å². The van der Waals surface area contributed by atoms with Gasteiger partial charge in [0.2, 0.25) is 0 Å². The fourth-order valence-electron chi connectivity index (χ4n) is 0.763. The molecule has 1 nitrogen and oxygen atoms in total. The summed E-state index contributed by atoms with van der Waals surface area (Å²) in [5.74, 6) is 0.720. The van der Waals surface area contributed by atoms with E-state index in [0.29, 0.717) is 0 Å². The molecule has 0 aliphatic heterocycles. The zero-order valence-corrected chi connectivity index (χ0v) is 6.46. The van der Waals surface area contributed by atoms with E-state index < -0.39 is 6.67 Å². The second-order valence-electron chi connectivity index (χ2n) is 2.40. The number of halogens is 1. The zero-order valence-electron chi connectivity index (χ0n) is 6.46. The molecule has 0 heterocycles. The lowest BCUT2D eigenvalue weighted by Gasteiger charge is -2.09. The van der Waals surface area contributed by atoms with Gasteiger partial charge in [-0.15, -0.1) is 0 Å². The lowest BCUT2D eigenvalue weighted by Crippen LogP contribution is -2.13. The summed E-state index contributed by atoms with van der Waals surface area (Å²) in [6, 6.07) is 9.24. The second kappa shape index (κ2) is 3.96. The summed E-state index contributed by atoms with van der Waals surface area (Å²) in [7, 11) is 0. The van der Waals surface area contributed by atoms with Crippen molar-refractivity contribution in [3.05, 3.63) is 30.3 Å². The Kier molecular flexibility index (Phi) is 2.90. The molecular weight excluding hydrogens is 143 g/mol. The quantitative estimate of drug-likeness (QED) is 0.649. The molecule has 2 heteroatoms. The Hall–Kier alpha value is -1.05. The summed E-state index contributed by atoms with van der Waals surface area (Å²) in [6.45, 7) is 1.25. The monoisotopic (exact) mass is 154 g/mol. The van der Waals surface area contributed by atoms with E-state index in [9.17, 15) is 4.39 Å². The molecule has 11 heavy (non-hydrogen) atoms. The van der Waals surface area contributed by atoms with E-state index >= 15 is 0 Å². The number of alkyl halides is 1. The van der Waals surface area contributed by atoms with Crippen LogP contribution in [0.1, 0.15) is 6.92 Å². The maximum atomic E-state index is 11.9. The third-order valence-electron chi connectivity index (χ3n) is 1.30. The predicted molar refractivity (Wildman–Crippen MR) is 42.5 cm³/mol. The maximum Gasteiger partial charge on any atom is 0.126 e. The Morgan fingerprint density at radius 1 is 1.36 bits per heavy atom. The molecular formula is C9H11FO. The van der Waals surface area contributed by atoms with Crippen LogP contribution in [0.5, 0.6) is 5.75 Å². The average molecular weight is 154 g/mol. The standard InChI is InChI=1S/C9H11FO/c1-8(7-10)11-9-5-3-2-4-6-9/h2-6,8H,7H2,1H3. The Morgan fingerprint density at radius 3 is 2.55 bits per heavy atom. The summed E-state index contributed by atoms with van der Waals surface area (Å²) < 4.78 is 17.1. The molecule has 0 N–H and O–H groups in total. The smallest absolute Gasteiger partial charge is 0.126 e. The minimum absolute atomic E-state index is 0.350. The highest BCUT2D eigenvalue weighted by Crippen LogP contribution is 2.10. The molecule has 0 aliphatic rings. The highest BCUT2D eigenvalue weighted by molar-refractivity contribution is 5.21. The molecule has 60 valence electrons. The number of para-hydroxylation sites is 1.